The predicted molar refractivity (Wildman–Crippen MR) is 83.4 cm³/mol. The Morgan fingerprint density at radius 3 is 2.65 bits per heavy atom. The van der Waals surface area contributed by atoms with Gasteiger partial charge in [0.15, 0.2) is 5.82 Å². The van der Waals surface area contributed by atoms with Crippen molar-refractivity contribution in [3.05, 3.63) is 39.1 Å². The highest BCUT2D eigenvalue weighted by molar-refractivity contribution is 9.10. The number of aryl methyl sites for hydroxylation is 1. The molecule has 0 N–H and O–H groups in total. The van der Waals surface area contributed by atoms with Gasteiger partial charge in [-0.3, -0.25) is 0 Å². The molecule has 0 spiro atoms. The predicted octanol–water partition coefficient (Wildman–Crippen LogP) is 4.75. The van der Waals surface area contributed by atoms with Crippen LogP contribution < -0.4 is 4.74 Å². The summed E-state index contributed by atoms with van der Waals surface area (Å²) in [7, 11) is 1.67. The van der Waals surface area contributed by atoms with Crippen LogP contribution in [-0.4, -0.2) is 17.1 Å². The Hall–Kier alpha value is -1.13. The molecule has 0 atom stereocenters. The maximum atomic E-state index is 6.22. The van der Waals surface area contributed by atoms with Gasteiger partial charge in [0.05, 0.1) is 17.3 Å². The number of methoxy groups -OCH3 is 1. The Labute approximate surface area is 131 Å². The van der Waals surface area contributed by atoms with E-state index in [0.717, 1.165) is 27.0 Å². The molecule has 0 unspecified atom stereocenters. The van der Waals surface area contributed by atoms with Crippen molar-refractivity contribution in [1.82, 2.24) is 9.97 Å². The van der Waals surface area contributed by atoms with E-state index >= 15 is 0 Å². The van der Waals surface area contributed by atoms with Gasteiger partial charge in [-0.2, -0.15) is 0 Å². The molecule has 1 aliphatic carbocycles. The zero-order valence-corrected chi connectivity index (χ0v) is 13.6. The van der Waals surface area contributed by atoms with Crippen molar-refractivity contribution in [2.45, 2.75) is 25.7 Å². The van der Waals surface area contributed by atoms with Crippen LogP contribution >= 0.6 is 27.5 Å². The lowest BCUT2D eigenvalue weighted by atomic mass is 10.1. The second-order valence-corrected chi connectivity index (χ2v) is 6.15. The van der Waals surface area contributed by atoms with E-state index in [2.05, 4.69) is 25.9 Å². The minimum Gasteiger partial charge on any atom is -0.496 e. The summed E-state index contributed by atoms with van der Waals surface area (Å²) >= 11 is 9.70. The fourth-order valence-corrected chi connectivity index (χ4v) is 2.89. The highest BCUT2D eigenvalue weighted by Crippen LogP contribution is 2.44. The first-order chi connectivity index (χ1) is 9.60. The number of halogens is 2. The second-order valence-electron chi connectivity index (χ2n) is 5.00. The van der Waals surface area contributed by atoms with E-state index in [1.807, 2.05) is 25.1 Å². The number of ether oxygens (including phenoxy) is 1. The summed E-state index contributed by atoms with van der Waals surface area (Å²) in [4.78, 5) is 9.06. The first kappa shape index (κ1) is 13.8. The number of benzene rings is 1. The van der Waals surface area contributed by atoms with Gasteiger partial charge >= 0.3 is 0 Å². The van der Waals surface area contributed by atoms with Crippen LogP contribution in [-0.2, 0) is 0 Å². The molecule has 3 nitrogen and oxygen atoms in total. The molecule has 1 saturated carbocycles. The van der Waals surface area contributed by atoms with Gasteiger partial charge in [-0.05, 0) is 59.5 Å². The van der Waals surface area contributed by atoms with Gasteiger partial charge in [-0.15, -0.1) is 0 Å². The Kier molecular flexibility index (Phi) is 3.69. The molecular formula is C15H14BrClN2O. The molecule has 1 aliphatic rings. The minimum atomic E-state index is 0.477. The van der Waals surface area contributed by atoms with E-state index in [1.165, 1.54) is 12.8 Å². The largest absolute Gasteiger partial charge is 0.496 e. The van der Waals surface area contributed by atoms with Gasteiger partial charge in [0.1, 0.15) is 10.9 Å². The summed E-state index contributed by atoms with van der Waals surface area (Å²) in [5, 5.41) is 0.477. The van der Waals surface area contributed by atoms with Crippen LogP contribution in [0.3, 0.4) is 0 Å². The lowest BCUT2D eigenvalue weighted by molar-refractivity contribution is 0.412. The van der Waals surface area contributed by atoms with Crippen LogP contribution in [0.15, 0.2) is 22.7 Å². The summed E-state index contributed by atoms with van der Waals surface area (Å²) in [6, 6.07) is 5.91. The molecule has 0 amide bonds. The SMILES string of the molecule is COc1ccc(-c2nc(Cl)c(Br)c(C3CC3)n2)cc1C. The van der Waals surface area contributed by atoms with Gasteiger partial charge in [0, 0.05) is 11.5 Å². The van der Waals surface area contributed by atoms with E-state index < -0.39 is 0 Å². The van der Waals surface area contributed by atoms with Gasteiger partial charge in [0.25, 0.3) is 0 Å². The lowest BCUT2D eigenvalue weighted by Crippen LogP contribution is -1.98. The summed E-state index contributed by atoms with van der Waals surface area (Å²) in [5.41, 5.74) is 3.04. The molecule has 1 fully saturated rings. The third kappa shape index (κ3) is 2.54. The summed E-state index contributed by atoms with van der Waals surface area (Å²) < 4.78 is 6.11. The summed E-state index contributed by atoms with van der Waals surface area (Å²) in [6.45, 7) is 2.00. The normalized spacial score (nSPS) is 14.4. The van der Waals surface area contributed by atoms with Crippen LogP contribution in [0.4, 0.5) is 0 Å². The van der Waals surface area contributed by atoms with E-state index in [4.69, 9.17) is 16.3 Å². The fourth-order valence-electron chi connectivity index (χ4n) is 2.21. The second kappa shape index (κ2) is 5.34. The summed E-state index contributed by atoms with van der Waals surface area (Å²) in [6.07, 6.45) is 2.35. The van der Waals surface area contributed by atoms with Crippen molar-refractivity contribution in [1.29, 1.82) is 0 Å². The van der Waals surface area contributed by atoms with Crippen LogP contribution in [0, 0.1) is 6.92 Å². The van der Waals surface area contributed by atoms with Crippen molar-refractivity contribution in [2.24, 2.45) is 0 Å². The maximum absolute atomic E-state index is 6.22. The summed E-state index contributed by atoms with van der Waals surface area (Å²) in [5.74, 6) is 2.05. The zero-order chi connectivity index (χ0) is 14.3. The molecule has 1 aromatic heterocycles. The van der Waals surface area contributed by atoms with Gasteiger partial charge in [0.2, 0.25) is 0 Å². The molecule has 104 valence electrons. The Morgan fingerprint density at radius 2 is 2.05 bits per heavy atom. The van der Waals surface area contributed by atoms with Crippen molar-refractivity contribution in [2.75, 3.05) is 7.11 Å². The van der Waals surface area contributed by atoms with E-state index in [1.54, 1.807) is 7.11 Å². The average Bonchev–Trinajstić information content (AvgIpc) is 3.26. The quantitative estimate of drug-likeness (QED) is 0.747. The highest BCUT2D eigenvalue weighted by Gasteiger charge is 2.29. The van der Waals surface area contributed by atoms with E-state index in [0.29, 0.717) is 16.9 Å². The van der Waals surface area contributed by atoms with Crippen molar-refractivity contribution in [3.63, 3.8) is 0 Å². The monoisotopic (exact) mass is 352 g/mol. The molecule has 1 heterocycles. The van der Waals surface area contributed by atoms with Crippen LogP contribution in [0.5, 0.6) is 5.75 Å². The number of hydrogen-bond acceptors (Lipinski definition) is 3. The number of hydrogen-bond donors (Lipinski definition) is 0. The molecular weight excluding hydrogens is 340 g/mol. The third-order valence-electron chi connectivity index (χ3n) is 3.45. The Bertz CT molecular complexity index is 671. The highest BCUT2D eigenvalue weighted by atomic mass is 79.9. The van der Waals surface area contributed by atoms with Crippen molar-refractivity contribution in [3.8, 4) is 17.1 Å². The van der Waals surface area contributed by atoms with Gasteiger partial charge < -0.3 is 4.74 Å². The van der Waals surface area contributed by atoms with Gasteiger partial charge in [-0.1, -0.05) is 11.6 Å². The van der Waals surface area contributed by atoms with Crippen LogP contribution in [0.2, 0.25) is 5.15 Å². The molecule has 0 bridgehead atoms. The van der Waals surface area contributed by atoms with E-state index in [-0.39, 0.29) is 0 Å². The third-order valence-corrected chi connectivity index (χ3v) is 4.74. The average molecular weight is 354 g/mol. The Morgan fingerprint density at radius 1 is 1.30 bits per heavy atom. The van der Waals surface area contributed by atoms with Crippen molar-refractivity contribution < 1.29 is 4.74 Å². The minimum absolute atomic E-state index is 0.477. The topological polar surface area (TPSA) is 35.0 Å². The number of rotatable bonds is 3. The van der Waals surface area contributed by atoms with Crippen LogP contribution in [0.1, 0.15) is 30.0 Å². The van der Waals surface area contributed by atoms with Gasteiger partial charge in [-0.25, -0.2) is 9.97 Å². The number of aromatic nitrogens is 2. The van der Waals surface area contributed by atoms with E-state index in [9.17, 15) is 0 Å². The number of nitrogens with zero attached hydrogens (tertiary/aromatic N) is 2. The fraction of sp³-hybridized carbons (Fsp3) is 0.333. The lowest BCUT2D eigenvalue weighted by Gasteiger charge is -2.09. The maximum Gasteiger partial charge on any atom is 0.161 e. The molecule has 0 saturated heterocycles. The molecule has 2 aromatic rings. The first-order valence-electron chi connectivity index (χ1n) is 6.48. The Balaban J connectivity index is 2.07. The first-order valence-corrected chi connectivity index (χ1v) is 7.65. The zero-order valence-electron chi connectivity index (χ0n) is 11.3. The molecule has 20 heavy (non-hydrogen) atoms. The molecule has 0 radical (unpaired) electrons. The van der Waals surface area contributed by atoms with Crippen molar-refractivity contribution >= 4 is 27.5 Å². The molecule has 5 heteroatoms. The standard InChI is InChI=1S/C15H14BrClN2O/c1-8-7-10(5-6-11(8)20-2)15-18-13(9-3-4-9)12(16)14(17)19-15/h5-7,9H,3-4H2,1-2H3. The molecule has 3 rings (SSSR count). The molecule has 1 aromatic carbocycles. The molecule has 0 aliphatic heterocycles. The smallest absolute Gasteiger partial charge is 0.161 e. The van der Waals surface area contributed by atoms with Crippen LogP contribution in [0.25, 0.3) is 11.4 Å².